The molecule has 1 amide bonds. The van der Waals surface area contributed by atoms with Crippen molar-refractivity contribution in [3.8, 4) is 11.5 Å². The van der Waals surface area contributed by atoms with Crippen LogP contribution in [-0.4, -0.2) is 62.5 Å². The maximum Gasteiger partial charge on any atom is 0.286 e. The maximum absolute atomic E-state index is 12.9. The highest BCUT2D eigenvalue weighted by Crippen LogP contribution is 2.35. The van der Waals surface area contributed by atoms with Crippen LogP contribution < -0.4 is 9.47 Å². The molecule has 0 unspecified atom stereocenters. The standard InChI is InChI=1S/C15H20N2O7S/c1-10-4-6-25(21,22)7-5-16(10)15(18)11-8-13(23-2)14(24-3)9-12(11)17(19)20/h8-10H,4-7H2,1-3H3/t10-/m0/s1. The maximum atomic E-state index is 12.9. The van der Waals surface area contributed by atoms with E-state index in [-0.39, 0.29) is 47.6 Å². The summed E-state index contributed by atoms with van der Waals surface area (Å²) in [5.41, 5.74) is -0.573. The van der Waals surface area contributed by atoms with Gasteiger partial charge in [-0.25, -0.2) is 8.42 Å². The van der Waals surface area contributed by atoms with Gasteiger partial charge in [0.1, 0.15) is 5.56 Å². The molecule has 25 heavy (non-hydrogen) atoms. The molecule has 1 aliphatic rings. The van der Waals surface area contributed by atoms with Crippen molar-refractivity contribution in [2.45, 2.75) is 19.4 Å². The summed E-state index contributed by atoms with van der Waals surface area (Å²) in [7, 11) is -0.525. The molecule has 1 aromatic carbocycles. The number of carbonyl (C=O) groups is 1. The van der Waals surface area contributed by atoms with Crippen LogP contribution >= 0.6 is 0 Å². The summed E-state index contributed by atoms with van der Waals surface area (Å²) < 4.78 is 33.8. The van der Waals surface area contributed by atoms with Crippen LogP contribution in [0.25, 0.3) is 0 Å². The third-order valence-electron chi connectivity index (χ3n) is 4.21. The summed E-state index contributed by atoms with van der Waals surface area (Å²) in [6, 6.07) is 2.04. The van der Waals surface area contributed by atoms with Crippen molar-refractivity contribution in [2.24, 2.45) is 0 Å². The van der Waals surface area contributed by atoms with Crippen LogP contribution in [0.1, 0.15) is 23.7 Å². The minimum Gasteiger partial charge on any atom is -0.493 e. The summed E-state index contributed by atoms with van der Waals surface area (Å²) in [6.45, 7) is 1.72. The molecule has 1 atom stereocenters. The third kappa shape index (κ3) is 4.01. The molecule has 1 fully saturated rings. The molecule has 9 nitrogen and oxygen atoms in total. The van der Waals surface area contributed by atoms with E-state index in [4.69, 9.17) is 9.47 Å². The van der Waals surface area contributed by atoms with E-state index in [0.717, 1.165) is 6.07 Å². The van der Waals surface area contributed by atoms with Crippen molar-refractivity contribution >= 4 is 21.4 Å². The molecule has 0 spiro atoms. The van der Waals surface area contributed by atoms with Gasteiger partial charge in [-0.05, 0) is 13.3 Å². The molecule has 10 heteroatoms. The average molecular weight is 372 g/mol. The lowest BCUT2D eigenvalue weighted by molar-refractivity contribution is -0.385. The highest BCUT2D eigenvalue weighted by atomic mass is 32.2. The Kier molecular flexibility index (Phi) is 5.51. The van der Waals surface area contributed by atoms with Gasteiger partial charge in [0.05, 0.1) is 36.7 Å². The average Bonchev–Trinajstić information content (AvgIpc) is 2.71. The van der Waals surface area contributed by atoms with Gasteiger partial charge in [0, 0.05) is 18.7 Å². The van der Waals surface area contributed by atoms with Gasteiger partial charge in [0.2, 0.25) is 0 Å². The first-order valence-electron chi connectivity index (χ1n) is 7.62. The Balaban J connectivity index is 2.48. The molecule has 1 aromatic rings. The Morgan fingerprint density at radius 1 is 1.24 bits per heavy atom. The van der Waals surface area contributed by atoms with E-state index in [1.54, 1.807) is 6.92 Å². The van der Waals surface area contributed by atoms with Crippen LogP contribution in [0, 0.1) is 10.1 Å². The zero-order valence-corrected chi connectivity index (χ0v) is 15.0. The van der Waals surface area contributed by atoms with Crippen molar-refractivity contribution in [1.82, 2.24) is 4.90 Å². The van der Waals surface area contributed by atoms with Crippen molar-refractivity contribution in [3.05, 3.63) is 27.8 Å². The Morgan fingerprint density at radius 2 is 1.84 bits per heavy atom. The monoisotopic (exact) mass is 372 g/mol. The Hall–Kier alpha value is -2.36. The highest BCUT2D eigenvalue weighted by molar-refractivity contribution is 7.91. The van der Waals surface area contributed by atoms with Gasteiger partial charge in [0.25, 0.3) is 11.6 Å². The van der Waals surface area contributed by atoms with E-state index in [1.807, 2.05) is 0 Å². The molecule has 1 saturated heterocycles. The minimum absolute atomic E-state index is 0.00612. The van der Waals surface area contributed by atoms with Crippen LogP contribution in [0.5, 0.6) is 11.5 Å². The zero-order valence-electron chi connectivity index (χ0n) is 14.2. The number of nitro groups is 1. The number of amides is 1. The number of sulfone groups is 1. The molecule has 1 aliphatic heterocycles. The molecule has 0 radical (unpaired) electrons. The lowest BCUT2D eigenvalue weighted by Gasteiger charge is -2.26. The first-order valence-corrected chi connectivity index (χ1v) is 9.44. The summed E-state index contributed by atoms with van der Waals surface area (Å²) in [5.74, 6) is -0.447. The van der Waals surface area contributed by atoms with Crippen LogP contribution in [0.2, 0.25) is 0 Å². The van der Waals surface area contributed by atoms with E-state index < -0.39 is 26.4 Å². The summed E-state index contributed by atoms with van der Waals surface area (Å²) >= 11 is 0. The number of benzene rings is 1. The number of nitro benzene ring substituents is 1. The molecule has 0 aliphatic carbocycles. The molecule has 0 saturated carbocycles. The van der Waals surface area contributed by atoms with Crippen molar-refractivity contribution in [2.75, 3.05) is 32.3 Å². The Morgan fingerprint density at radius 3 is 2.40 bits per heavy atom. The van der Waals surface area contributed by atoms with Crippen molar-refractivity contribution in [1.29, 1.82) is 0 Å². The fraction of sp³-hybridized carbons (Fsp3) is 0.533. The highest BCUT2D eigenvalue weighted by Gasteiger charge is 2.33. The third-order valence-corrected chi connectivity index (χ3v) is 5.87. The number of hydrogen-bond donors (Lipinski definition) is 0. The summed E-state index contributed by atoms with van der Waals surface area (Å²) in [6.07, 6.45) is 0.287. The van der Waals surface area contributed by atoms with Crippen LogP contribution in [0.15, 0.2) is 12.1 Å². The molecule has 0 N–H and O–H groups in total. The van der Waals surface area contributed by atoms with E-state index in [1.165, 1.54) is 25.2 Å². The SMILES string of the molecule is COc1cc(C(=O)N2CCS(=O)(=O)CC[C@@H]2C)c([N+](=O)[O-])cc1OC. The van der Waals surface area contributed by atoms with Crippen LogP contribution in [0.4, 0.5) is 5.69 Å². The molecule has 1 heterocycles. The minimum atomic E-state index is -3.22. The molecule has 2 rings (SSSR count). The van der Waals surface area contributed by atoms with Crippen molar-refractivity contribution < 1.29 is 27.6 Å². The van der Waals surface area contributed by atoms with Gasteiger partial charge in [-0.3, -0.25) is 14.9 Å². The largest absolute Gasteiger partial charge is 0.493 e. The van der Waals surface area contributed by atoms with Gasteiger partial charge >= 0.3 is 0 Å². The first-order chi connectivity index (χ1) is 11.7. The number of carbonyl (C=O) groups excluding carboxylic acids is 1. The van der Waals surface area contributed by atoms with E-state index in [2.05, 4.69) is 0 Å². The molecular weight excluding hydrogens is 352 g/mol. The summed E-state index contributed by atoms with van der Waals surface area (Å²) in [4.78, 5) is 25.0. The van der Waals surface area contributed by atoms with Gasteiger partial charge in [-0.2, -0.15) is 0 Å². The number of methoxy groups -OCH3 is 2. The predicted molar refractivity (Wildman–Crippen MR) is 90.0 cm³/mol. The van der Waals surface area contributed by atoms with Gasteiger partial charge in [-0.15, -0.1) is 0 Å². The normalized spacial score (nSPS) is 19.8. The van der Waals surface area contributed by atoms with E-state index >= 15 is 0 Å². The second kappa shape index (κ2) is 7.26. The topological polar surface area (TPSA) is 116 Å². The van der Waals surface area contributed by atoms with Gasteiger partial charge in [-0.1, -0.05) is 0 Å². The smallest absolute Gasteiger partial charge is 0.286 e. The second-order valence-electron chi connectivity index (χ2n) is 5.77. The van der Waals surface area contributed by atoms with Gasteiger partial charge < -0.3 is 14.4 Å². The quantitative estimate of drug-likeness (QED) is 0.577. The first kappa shape index (κ1) is 19.0. The number of hydrogen-bond acceptors (Lipinski definition) is 7. The Labute approximate surface area is 145 Å². The molecular formula is C15H20N2O7S. The van der Waals surface area contributed by atoms with Crippen LogP contribution in [-0.2, 0) is 9.84 Å². The fourth-order valence-electron chi connectivity index (χ4n) is 2.71. The fourth-order valence-corrected chi connectivity index (χ4v) is 4.09. The van der Waals surface area contributed by atoms with Crippen molar-refractivity contribution in [3.63, 3.8) is 0 Å². The second-order valence-corrected chi connectivity index (χ2v) is 8.07. The molecule has 138 valence electrons. The lowest BCUT2D eigenvalue weighted by Crippen LogP contribution is -2.39. The van der Waals surface area contributed by atoms with E-state index in [9.17, 15) is 23.3 Å². The number of rotatable bonds is 4. The lowest BCUT2D eigenvalue weighted by atomic mass is 10.1. The Bertz CT molecular complexity index is 791. The molecule has 0 bridgehead atoms. The van der Waals surface area contributed by atoms with E-state index in [0.29, 0.717) is 0 Å². The summed E-state index contributed by atoms with van der Waals surface area (Å²) in [5, 5.41) is 11.4. The van der Waals surface area contributed by atoms with Gasteiger partial charge in [0.15, 0.2) is 21.3 Å². The number of nitrogens with zero attached hydrogens (tertiary/aromatic N) is 2. The molecule has 0 aromatic heterocycles. The van der Waals surface area contributed by atoms with Crippen LogP contribution in [0.3, 0.4) is 0 Å². The zero-order chi connectivity index (χ0) is 18.8. The number of ether oxygens (including phenoxy) is 2. The predicted octanol–water partition coefficient (Wildman–Crippen LogP) is 1.26.